The fourth-order valence-electron chi connectivity index (χ4n) is 3.34. The van der Waals surface area contributed by atoms with Gasteiger partial charge in [0, 0.05) is 32.7 Å². The zero-order valence-electron chi connectivity index (χ0n) is 18.0. The second-order valence-electron chi connectivity index (χ2n) is 8.33. The Morgan fingerprint density at radius 2 is 1.79 bits per heavy atom. The van der Waals surface area contributed by atoms with Gasteiger partial charge in [0.05, 0.1) is 0 Å². The number of rotatable bonds is 8. The van der Waals surface area contributed by atoms with Gasteiger partial charge in [-0.2, -0.15) is 0 Å². The predicted molar refractivity (Wildman–Crippen MR) is 117 cm³/mol. The third-order valence-electron chi connectivity index (χ3n) is 5.32. The van der Waals surface area contributed by atoms with E-state index in [-0.39, 0.29) is 18.0 Å². The van der Waals surface area contributed by atoms with Gasteiger partial charge in [0.25, 0.3) is 0 Å². The summed E-state index contributed by atoms with van der Waals surface area (Å²) in [7, 11) is 3.51. The molecular weight excluding hydrogens is 350 g/mol. The first-order chi connectivity index (χ1) is 13.4. The number of aliphatic imine (C=N–C) groups is 1. The maximum Gasteiger partial charge on any atom is 0.243 e. The smallest absolute Gasteiger partial charge is 0.243 e. The molecule has 28 heavy (non-hydrogen) atoms. The predicted octanol–water partition coefficient (Wildman–Crippen LogP) is 2.12. The fraction of sp³-hybridized carbons (Fsp3) is 0.636. The van der Waals surface area contributed by atoms with Crippen LogP contribution in [0.1, 0.15) is 38.7 Å². The Labute approximate surface area is 170 Å². The highest BCUT2D eigenvalue weighted by Crippen LogP contribution is 2.19. The molecule has 0 spiro atoms. The van der Waals surface area contributed by atoms with Crippen molar-refractivity contribution in [1.82, 2.24) is 20.4 Å². The molecule has 1 heterocycles. The summed E-state index contributed by atoms with van der Waals surface area (Å²) in [5.41, 5.74) is 1.33. The van der Waals surface area contributed by atoms with Gasteiger partial charge in [0.15, 0.2) is 5.96 Å². The summed E-state index contributed by atoms with van der Waals surface area (Å²) in [6.07, 6.45) is 4.80. The molecule has 6 nitrogen and oxygen atoms in total. The molecule has 1 fully saturated rings. The standard InChI is InChI=1S/C22H37N5O/c1-22(2,27-15-9-6-10-16-27)18-25-21(24-17-20(28)26(3)4)23-14-13-19-11-7-5-8-12-19/h5,7-8,11-12H,6,9-10,13-18H2,1-4H3,(H2,23,24,25). The number of guanidine groups is 1. The molecule has 0 atom stereocenters. The van der Waals surface area contributed by atoms with Crippen molar-refractivity contribution in [2.45, 2.75) is 45.1 Å². The van der Waals surface area contributed by atoms with Gasteiger partial charge in [-0.25, -0.2) is 4.99 Å². The van der Waals surface area contributed by atoms with Crippen LogP contribution >= 0.6 is 0 Å². The number of likely N-dealkylation sites (N-methyl/N-ethyl adjacent to an activating group) is 1. The molecule has 1 aliphatic heterocycles. The lowest BCUT2D eigenvalue weighted by atomic mass is 9.98. The van der Waals surface area contributed by atoms with E-state index >= 15 is 0 Å². The number of piperidine rings is 1. The quantitative estimate of drug-likeness (QED) is 0.530. The molecule has 156 valence electrons. The molecule has 1 amide bonds. The van der Waals surface area contributed by atoms with E-state index in [1.807, 2.05) is 6.07 Å². The molecule has 1 aliphatic rings. The van der Waals surface area contributed by atoms with Crippen LogP contribution in [-0.4, -0.2) is 74.0 Å². The SMILES string of the molecule is CN(C)C(=O)CN=C(NCCc1ccccc1)NCC(C)(C)N1CCCCC1. The highest BCUT2D eigenvalue weighted by Gasteiger charge is 2.27. The minimum absolute atomic E-state index is 0.000509. The van der Waals surface area contributed by atoms with E-state index in [1.165, 1.54) is 24.8 Å². The van der Waals surface area contributed by atoms with E-state index in [4.69, 9.17) is 0 Å². The van der Waals surface area contributed by atoms with Gasteiger partial charge in [-0.15, -0.1) is 0 Å². The van der Waals surface area contributed by atoms with Gasteiger partial charge in [-0.05, 0) is 51.8 Å². The molecule has 2 N–H and O–H groups in total. The van der Waals surface area contributed by atoms with Crippen LogP contribution in [0.15, 0.2) is 35.3 Å². The van der Waals surface area contributed by atoms with Gasteiger partial charge in [-0.3, -0.25) is 9.69 Å². The van der Waals surface area contributed by atoms with Crippen LogP contribution in [-0.2, 0) is 11.2 Å². The average Bonchev–Trinajstić information content (AvgIpc) is 2.70. The first kappa shape index (κ1) is 22.2. The third-order valence-corrected chi connectivity index (χ3v) is 5.32. The van der Waals surface area contributed by atoms with E-state index < -0.39 is 0 Å². The molecule has 0 radical (unpaired) electrons. The molecule has 0 saturated carbocycles. The summed E-state index contributed by atoms with van der Waals surface area (Å²) < 4.78 is 0. The summed E-state index contributed by atoms with van der Waals surface area (Å²) in [5, 5.41) is 6.85. The zero-order valence-corrected chi connectivity index (χ0v) is 18.0. The van der Waals surface area contributed by atoms with Crippen molar-refractivity contribution in [1.29, 1.82) is 0 Å². The highest BCUT2D eigenvalue weighted by molar-refractivity contribution is 5.84. The number of hydrogen-bond acceptors (Lipinski definition) is 3. The maximum atomic E-state index is 11.9. The molecule has 6 heteroatoms. The molecule has 0 aliphatic carbocycles. The monoisotopic (exact) mass is 387 g/mol. The Kier molecular flexibility index (Phi) is 8.77. The van der Waals surface area contributed by atoms with Gasteiger partial charge in [-0.1, -0.05) is 36.8 Å². The zero-order chi connectivity index (χ0) is 20.4. The molecule has 2 rings (SSSR count). The first-order valence-corrected chi connectivity index (χ1v) is 10.4. The highest BCUT2D eigenvalue weighted by atomic mass is 16.2. The van der Waals surface area contributed by atoms with E-state index in [0.29, 0.717) is 5.96 Å². The lowest BCUT2D eigenvalue weighted by Gasteiger charge is -2.41. The average molecular weight is 388 g/mol. The normalized spacial score (nSPS) is 15.9. The van der Waals surface area contributed by atoms with Crippen molar-refractivity contribution < 1.29 is 4.79 Å². The second kappa shape index (κ2) is 11.1. The number of carbonyl (C=O) groups excluding carboxylic acids is 1. The van der Waals surface area contributed by atoms with Crippen LogP contribution < -0.4 is 10.6 Å². The number of carbonyl (C=O) groups is 1. The fourth-order valence-corrected chi connectivity index (χ4v) is 3.34. The van der Waals surface area contributed by atoms with E-state index in [0.717, 1.165) is 32.6 Å². The van der Waals surface area contributed by atoms with Crippen molar-refractivity contribution in [3.8, 4) is 0 Å². The number of benzene rings is 1. The van der Waals surface area contributed by atoms with Crippen molar-refractivity contribution in [3.05, 3.63) is 35.9 Å². The second-order valence-corrected chi connectivity index (χ2v) is 8.33. The summed E-state index contributed by atoms with van der Waals surface area (Å²) in [6.45, 7) is 8.58. The third kappa shape index (κ3) is 7.50. The van der Waals surface area contributed by atoms with Crippen LogP contribution in [0.5, 0.6) is 0 Å². The summed E-state index contributed by atoms with van der Waals surface area (Å²) in [5.74, 6) is 0.704. The molecule has 1 aromatic rings. The van der Waals surface area contributed by atoms with Crippen LogP contribution in [0.3, 0.4) is 0 Å². The van der Waals surface area contributed by atoms with E-state index in [2.05, 4.69) is 58.6 Å². The van der Waals surface area contributed by atoms with Crippen molar-refractivity contribution in [2.75, 3.05) is 46.8 Å². The minimum Gasteiger partial charge on any atom is -0.356 e. The van der Waals surface area contributed by atoms with E-state index in [1.54, 1.807) is 19.0 Å². The molecule has 1 saturated heterocycles. The van der Waals surface area contributed by atoms with Crippen LogP contribution in [0, 0.1) is 0 Å². The summed E-state index contributed by atoms with van der Waals surface area (Å²) >= 11 is 0. The molecule has 0 bridgehead atoms. The van der Waals surface area contributed by atoms with Crippen LogP contribution in [0.25, 0.3) is 0 Å². The topological polar surface area (TPSA) is 60.0 Å². The van der Waals surface area contributed by atoms with Gasteiger partial charge in [0.1, 0.15) is 6.54 Å². The van der Waals surface area contributed by atoms with Gasteiger partial charge >= 0.3 is 0 Å². The van der Waals surface area contributed by atoms with Crippen LogP contribution in [0.2, 0.25) is 0 Å². The van der Waals surface area contributed by atoms with Crippen LogP contribution in [0.4, 0.5) is 0 Å². The largest absolute Gasteiger partial charge is 0.356 e. The van der Waals surface area contributed by atoms with Crippen molar-refractivity contribution in [2.24, 2.45) is 4.99 Å². The molecule has 0 unspecified atom stereocenters. The Bertz CT molecular complexity index is 621. The molecular formula is C22H37N5O. The minimum atomic E-state index is -0.000509. The Morgan fingerprint density at radius 1 is 1.11 bits per heavy atom. The number of nitrogens with one attached hydrogen (secondary N) is 2. The number of amides is 1. The Balaban J connectivity index is 1.92. The summed E-state index contributed by atoms with van der Waals surface area (Å²) in [4.78, 5) is 20.6. The maximum absolute atomic E-state index is 11.9. The molecule has 1 aromatic carbocycles. The van der Waals surface area contributed by atoms with Crippen molar-refractivity contribution >= 4 is 11.9 Å². The lowest BCUT2D eigenvalue weighted by molar-refractivity contribution is -0.127. The van der Waals surface area contributed by atoms with E-state index in [9.17, 15) is 4.79 Å². The van der Waals surface area contributed by atoms with Gasteiger partial charge in [0.2, 0.25) is 5.91 Å². The number of hydrogen-bond donors (Lipinski definition) is 2. The number of likely N-dealkylation sites (tertiary alicyclic amines) is 1. The molecule has 0 aromatic heterocycles. The van der Waals surface area contributed by atoms with Gasteiger partial charge < -0.3 is 15.5 Å². The summed E-state index contributed by atoms with van der Waals surface area (Å²) in [6, 6.07) is 10.4. The number of nitrogens with zero attached hydrogens (tertiary/aromatic N) is 3. The lowest BCUT2D eigenvalue weighted by Crippen LogP contribution is -2.55. The first-order valence-electron chi connectivity index (χ1n) is 10.4. The van der Waals surface area contributed by atoms with Crippen molar-refractivity contribution in [3.63, 3.8) is 0 Å². The Hall–Kier alpha value is -2.08. The Morgan fingerprint density at radius 3 is 2.43 bits per heavy atom.